The zero-order valence-corrected chi connectivity index (χ0v) is 14.7. The summed E-state index contributed by atoms with van der Waals surface area (Å²) < 4.78 is 2.43. The Bertz CT molecular complexity index is 743. The Labute approximate surface area is 145 Å². The van der Waals surface area contributed by atoms with Crippen LogP contribution in [-0.2, 0) is 13.0 Å². The number of rotatable bonds is 9. The van der Waals surface area contributed by atoms with Crippen molar-refractivity contribution in [1.29, 1.82) is 0 Å². The van der Waals surface area contributed by atoms with Crippen molar-refractivity contribution in [2.45, 2.75) is 58.4 Å². The molecule has 126 valence electrons. The average molecular weight is 320 g/mol. The molecule has 0 saturated carbocycles. The van der Waals surface area contributed by atoms with Crippen LogP contribution in [0.1, 0.15) is 56.8 Å². The van der Waals surface area contributed by atoms with Gasteiger partial charge >= 0.3 is 0 Å². The highest BCUT2D eigenvalue weighted by molar-refractivity contribution is 5.76. The van der Waals surface area contributed by atoms with Crippen LogP contribution in [0.3, 0.4) is 0 Å². The summed E-state index contributed by atoms with van der Waals surface area (Å²) in [4.78, 5) is 4.90. The van der Waals surface area contributed by atoms with E-state index < -0.39 is 0 Å². The van der Waals surface area contributed by atoms with E-state index in [9.17, 15) is 0 Å². The van der Waals surface area contributed by atoms with Gasteiger partial charge in [0.2, 0.25) is 0 Å². The summed E-state index contributed by atoms with van der Waals surface area (Å²) >= 11 is 0. The normalized spacial score (nSPS) is 11.2. The highest BCUT2D eigenvalue weighted by Gasteiger charge is 2.10. The summed E-state index contributed by atoms with van der Waals surface area (Å²) in [7, 11) is 0. The van der Waals surface area contributed by atoms with Crippen LogP contribution in [0.25, 0.3) is 11.0 Å². The molecule has 0 atom stereocenters. The van der Waals surface area contributed by atoms with Gasteiger partial charge in [0.05, 0.1) is 11.0 Å². The van der Waals surface area contributed by atoms with Gasteiger partial charge < -0.3 is 4.57 Å². The molecule has 3 aromatic rings. The van der Waals surface area contributed by atoms with Gasteiger partial charge in [-0.05, 0) is 24.1 Å². The largest absolute Gasteiger partial charge is 0.328 e. The number of aromatic nitrogens is 2. The first-order valence-corrected chi connectivity index (χ1v) is 9.36. The Balaban J connectivity index is 1.73. The van der Waals surface area contributed by atoms with Crippen LogP contribution < -0.4 is 0 Å². The number of benzene rings is 2. The topological polar surface area (TPSA) is 17.8 Å². The lowest BCUT2D eigenvalue weighted by atomic mass is 10.1. The van der Waals surface area contributed by atoms with Crippen LogP contribution in [-0.4, -0.2) is 9.55 Å². The van der Waals surface area contributed by atoms with E-state index in [0.29, 0.717) is 0 Å². The summed E-state index contributed by atoms with van der Waals surface area (Å²) in [5, 5.41) is 0. The molecule has 0 N–H and O–H groups in total. The molecule has 2 nitrogen and oxygen atoms in total. The van der Waals surface area contributed by atoms with Crippen LogP contribution in [0.15, 0.2) is 54.6 Å². The molecule has 0 aliphatic carbocycles. The lowest BCUT2D eigenvalue weighted by Gasteiger charge is -2.09. The number of hydrogen-bond donors (Lipinski definition) is 0. The first-order chi connectivity index (χ1) is 11.9. The fourth-order valence-electron chi connectivity index (χ4n) is 3.34. The van der Waals surface area contributed by atoms with E-state index in [0.717, 1.165) is 18.5 Å². The van der Waals surface area contributed by atoms with Crippen molar-refractivity contribution in [2.24, 2.45) is 0 Å². The van der Waals surface area contributed by atoms with E-state index in [1.807, 2.05) is 0 Å². The highest BCUT2D eigenvalue weighted by atomic mass is 15.1. The van der Waals surface area contributed by atoms with Crippen LogP contribution in [0.4, 0.5) is 0 Å². The smallest absolute Gasteiger partial charge is 0.114 e. The molecule has 24 heavy (non-hydrogen) atoms. The minimum Gasteiger partial charge on any atom is -0.328 e. The maximum Gasteiger partial charge on any atom is 0.114 e. The third kappa shape index (κ3) is 4.25. The molecule has 1 heterocycles. The van der Waals surface area contributed by atoms with Gasteiger partial charge in [-0.15, -0.1) is 0 Å². The predicted octanol–water partition coefficient (Wildman–Crippen LogP) is 5.99. The van der Waals surface area contributed by atoms with Crippen LogP contribution >= 0.6 is 0 Å². The van der Waals surface area contributed by atoms with Crippen molar-refractivity contribution < 1.29 is 0 Å². The molecule has 0 unspecified atom stereocenters. The first-order valence-electron chi connectivity index (χ1n) is 9.36. The molecule has 0 spiro atoms. The number of hydrogen-bond acceptors (Lipinski definition) is 1. The molecule has 0 amide bonds. The lowest BCUT2D eigenvalue weighted by molar-refractivity contribution is 0.555. The van der Waals surface area contributed by atoms with Gasteiger partial charge in [-0.3, -0.25) is 0 Å². The molecule has 0 fully saturated rings. The zero-order chi connectivity index (χ0) is 16.6. The Morgan fingerprint density at radius 3 is 2.33 bits per heavy atom. The predicted molar refractivity (Wildman–Crippen MR) is 102 cm³/mol. The number of aryl methyl sites for hydroxylation is 1. The van der Waals surface area contributed by atoms with Crippen molar-refractivity contribution in [3.05, 3.63) is 66.0 Å². The molecule has 0 bridgehead atoms. The third-order valence-corrected chi connectivity index (χ3v) is 4.67. The molecular formula is C22H28N2. The van der Waals surface area contributed by atoms with Crippen LogP contribution in [0, 0.1) is 0 Å². The second-order valence-corrected chi connectivity index (χ2v) is 6.60. The Hall–Kier alpha value is -2.09. The van der Waals surface area contributed by atoms with Crippen molar-refractivity contribution in [3.8, 4) is 0 Å². The fraction of sp³-hybridized carbons (Fsp3) is 0.409. The molecule has 0 aliphatic heterocycles. The number of para-hydroxylation sites is 2. The maximum absolute atomic E-state index is 4.90. The Morgan fingerprint density at radius 1 is 0.792 bits per heavy atom. The summed E-state index contributed by atoms with van der Waals surface area (Å²) in [5.41, 5.74) is 3.73. The highest BCUT2D eigenvalue weighted by Crippen LogP contribution is 2.20. The van der Waals surface area contributed by atoms with Gasteiger partial charge in [0.25, 0.3) is 0 Å². The molecule has 2 aromatic carbocycles. The molecule has 2 heteroatoms. The van der Waals surface area contributed by atoms with E-state index in [-0.39, 0.29) is 0 Å². The number of unbranched alkanes of at least 4 members (excludes halogenated alkanes) is 5. The van der Waals surface area contributed by atoms with Gasteiger partial charge in [0.15, 0.2) is 0 Å². The maximum atomic E-state index is 4.90. The monoisotopic (exact) mass is 320 g/mol. The van der Waals surface area contributed by atoms with Crippen molar-refractivity contribution in [2.75, 3.05) is 0 Å². The van der Waals surface area contributed by atoms with E-state index in [1.54, 1.807) is 0 Å². The van der Waals surface area contributed by atoms with Crippen LogP contribution in [0.5, 0.6) is 0 Å². The van der Waals surface area contributed by atoms with Gasteiger partial charge in [-0.1, -0.05) is 81.5 Å². The summed E-state index contributed by atoms with van der Waals surface area (Å²) in [6.45, 7) is 3.35. The van der Waals surface area contributed by atoms with Crippen LogP contribution in [0.2, 0.25) is 0 Å². The second kappa shape index (κ2) is 8.68. The molecular weight excluding hydrogens is 292 g/mol. The first kappa shape index (κ1) is 16.8. The zero-order valence-electron chi connectivity index (χ0n) is 14.7. The average Bonchev–Trinajstić information content (AvgIpc) is 2.96. The van der Waals surface area contributed by atoms with Gasteiger partial charge in [0.1, 0.15) is 5.82 Å². The third-order valence-electron chi connectivity index (χ3n) is 4.67. The van der Waals surface area contributed by atoms with Crippen molar-refractivity contribution in [3.63, 3.8) is 0 Å². The standard InChI is InChI=1S/C22H28N2/c1-2-3-4-5-6-12-17-24-21-16-11-10-15-20(21)23-22(24)18-19-13-8-7-9-14-19/h7-11,13-16H,2-6,12,17-18H2,1H3. The Kier molecular flexibility index (Phi) is 6.06. The quantitative estimate of drug-likeness (QED) is 0.443. The number of fused-ring (bicyclic) bond motifs is 1. The molecule has 1 aromatic heterocycles. The number of imidazole rings is 1. The van der Waals surface area contributed by atoms with E-state index in [2.05, 4.69) is 66.1 Å². The number of nitrogens with zero attached hydrogens (tertiary/aromatic N) is 2. The van der Waals surface area contributed by atoms with E-state index in [1.165, 1.54) is 55.4 Å². The van der Waals surface area contributed by atoms with Gasteiger partial charge in [-0.25, -0.2) is 4.98 Å². The molecule has 0 saturated heterocycles. The van der Waals surface area contributed by atoms with Crippen molar-refractivity contribution >= 4 is 11.0 Å². The van der Waals surface area contributed by atoms with E-state index in [4.69, 9.17) is 4.98 Å². The SMILES string of the molecule is CCCCCCCCn1c(Cc2ccccc2)nc2ccccc21. The minimum absolute atomic E-state index is 0.908. The lowest BCUT2D eigenvalue weighted by Crippen LogP contribution is -2.05. The summed E-state index contributed by atoms with van der Waals surface area (Å²) in [6.07, 6.45) is 8.88. The van der Waals surface area contributed by atoms with E-state index >= 15 is 0 Å². The molecule has 3 rings (SSSR count). The second-order valence-electron chi connectivity index (χ2n) is 6.60. The minimum atomic E-state index is 0.908. The summed E-state index contributed by atoms with van der Waals surface area (Å²) in [6, 6.07) is 19.2. The van der Waals surface area contributed by atoms with Gasteiger partial charge in [-0.2, -0.15) is 0 Å². The molecule has 0 aliphatic rings. The van der Waals surface area contributed by atoms with Gasteiger partial charge in [0, 0.05) is 13.0 Å². The Morgan fingerprint density at radius 2 is 1.50 bits per heavy atom. The fourth-order valence-corrected chi connectivity index (χ4v) is 3.34. The van der Waals surface area contributed by atoms with Crippen molar-refractivity contribution in [1.82, 2.24) is 9.55 Å². The summed E-state index contributed by atoms with van der Waals surface area (Å²) in [5.74, 6) is 1.19. The molecule has 0 radical (unpaired) electrons.